The number of nitrogens with one attached hydrogen (secondary N) is 1. The maximum atomic E-state index is 6.04. The van der Waals surface area contributed by atoms with Gasteiger partial charge in [-0.05, 0) is 48.4 Å². The Kier molecular flexibility index (Phi) is 5.86. The molecule has 0 atom stereocenters. The summed E-state index contributed by atoms with van der Waals surface area (Å²) in [6.45, 7) is 0. The summed E-state index contributed by atoms with van der Waals surface area (Å²) >= 11 is 12.0. The van der Waals surface area contributed by atoms with Gasteiger partial charge < -0.3 is 9.47 Å². The SMILES string of the molecule is COc1cc(OC)cc(-c2cc(/C=C/Cc3ccc(Cl)c(Cl)c3)[nH]n2)c1. The van der Waals surface area contributed by atoms with Crippen molar-refractivity contribution in [2.24, 2.45) is 0 Å². The molecule has 0 bridgehead atoms. The summed E-state index contributed by atoms with van der Waals surface area (Å²) in [5.41, 5.74) is 3.73. The van der Waals surface area contributed by atoms with E-state index in [0.29, 0.717) is 10.0 Å². The predicted octanol–water partition coefficient (Wildman–Crippen LogP) is 5.66. The number of methoxy groups -OCH3 is 2. The molecule has 0 aliphatic carbocycles. The summed E-state index contributed by atoms with van der Waals surface area (Å²) in [6.07, 6.45) is 4.78. The Morgan fingerprint density at radius 1 is 0.962 bits per heavy atom. The first-order valence-corrected chi connectivity index (χ1v) is 8.74. The third kappa shape index (κ3) is 4.40. The van der Waals surface area contributed by atoms with Gasteiger partial charge in [0, 0.05) is 11.6 Å². The second-order valence-corrected chi connectivity index (χ2v) is 6.48. The molecular formula is C20H18Cl2N2O2. The second-order valence-electron chi connectivity index (χ2n) is 5.66. The minimum Gasteiger partial charge on any atom is -0.497 e. The van der Waals surface area contributed by atoms with E-state index < -0.39 is 0 Å². The van der Waals surface area contributed by atoms with Gasteiger partial charge in [-0.1, -0.05) is 35.3 Å². The highest BCUT2D eigenvalue weighted by Gasteiger charge is 2.07. The zero-order valence-corrected chi connectivity index (χ0v) is 15.9. The molecule has 1 aromatic heterocycles. The predicted molar refractivity (Wildman–Crippen MR) is 106 cm³/mol. The summed E-state index contributed by atoms with van der Waals surface area (Å²) in [5.74, 6) is 1.44. The molecule has 0 amide bonds. The molecular weight excluding hydrogens is 371 g/mol. The van der Waals surface area contributed by atoms with E-state index in [1.54, 1.807) is 20.3 Å². The Hall–Kier alpha value is -2.43. The topological polar surface area (TPSA) is 47.1 Å². The molecule has 2 aromatic carbocycles. The van der Waals surface area contributed by atoms with Gasteiger partial charge in [0.05, 0.1) is 35.7 Å². The number of allylic oxidation sites excluding steroid dienone is 1. The molecule has 3 rings (SSSR count). The van der Waals surface area contributed by atoms with Crippen LogP contribution in [0.1, 0.15) is 11.3 Å². The van der Waals surface area contributed by atoms with Crippen LogP contribution in [0.3, 0.4) is 0 Å². The van der Waals surface area contributed by atoms with E-state index in [4.69, 9.17) is 32.7 Å². The van der Waals surface area contributed by atoms with Gasteiger partial charge in [-0.25, -0.2) is 0 Å². The van der Waals surface area contributed by atoms with Crippen LogP contribution in [0.25, 0.3) is 17.3 Å². The lowest BCUT2D eigenvalue weighted by atomic mass is 10.1. The highest BCUT2D eigenvalue weighted by molar-refractivity contribution is 6.42. The Bertz CT molecular complexity index is 913. The van der Waals surface area contributed by atoms with Gasteiger partial charge >= 0.3 is 0 Å². The van der Waals surface area contributed by atoms with Gasteiger partial charge in [0.1, 0.15) is 11.5 Å². The van der Waals surface area contributed by atoms with Crippen molar-refractivity contribution in [3.8, 4) is 22.8 Å². The Morgan fingerprint density at radius 2 is 1.69 bits per heavy atom. The summed E-state index contributed by atoms with van der Waals surface area (Å²) in [6, 6.07) is 13.3. The first kappa shape index (κ1) is 18.4. The molecule has 3 aromatic rings. The fourth-order valence-electron chi connectivity index (χ4n) is 2.51. The average molecular weight is 389 g/mol. The molecule has 26 heavy (non-hydrogen) atoms. The monoisotopic (exact) mass is 388 g/mol. The average Bonchev–Trinajstić information content (AvgIpc) is 3.13. The van der Waals surface area contributed by atoms with E-state index >= 15 is 0 Å². The molecule has 4 nitrogen and oxygen atoms in total. The lowest BCUT2D eigenvalue weighted by Gasteiger charge is -2.06. The number of rotatable bonds is 6. The lowest BCUT2D eigenvalue weighted by molar-refractivity contribution is 0.394. The molecule has 0 saturated carbocycles. The van der Waals surface area contributed by atoms with Crippen molar-refractivity contribution in [1.29, 1.82) is 0 Å². The van der Waals surface area contributed by atoms with Crippen molar-refractivity contribution in [2.45, 2.75) is 6.42 Å². The number of ether oxygens (including phenoxy) is 2. The van der Waals surface area contributed by atoms with Gasteiger partial charge in [-0.15, -0.1) is 0 Å². The van der Waals surface area contributed by atoms with Gasteiger partial charge in [-0.2, -0.15) is 5.10 Å². The molecule has 0 fully saturated rings. The smallest absolute Gasteiger partial charge is 0.123 e. The molecule has 0 unspecified atom stereocenters. The Morgan fingerprint density at radius 3 is 2.35 bits per heavy atom. The molecule has 6 heteroatoms. The zero-order valence-electron chi connectivity index (χ0n) is 14.4. The summed E-state index contributed by atoms with van der Waals surface area (Å²) in [7, 11) is 3.25. The van der Waals surface area contributed by atoms with E-state index in [-0.39, 0.29) is 0 Å². The van der Waals surface area contributed by atoms with Crippen LogP contribution in [0, 0.1) is 0 Å². The maximum absolute atomic E-state index is 6.04. The third-order valence-corrected chi connectivity index (χ3v) is 4.62. The van der Waals surface area contributed by atoms with Crippen LogP contribution in [0.2, 0.25) is 10.0 Å². The van der Waals surface area contributed by atoms with Gasteiger partial charge in [0.25, 0.3) is 0 Å². The maximum Gasteiger partial charge on any atom is 0.123 e. The number of hydrogen-bond donors (Lipinski definition) is 1. The number of benzene rings is 2. The van der Waals surface area contributed by atoms with Gasteiger partial charge in [0.2, 0.25) is 0 Å². The largest absolute Gasteiger partial charge is 0.497 e. The number of nitrogens with zero attached hydrogens (tertiary/aromatic N) is 1. The second kappa shape index (κ2) is 8.30. The van der Waals surface area contributed by atoms with Crippen molar-refractivity contribution in [3.63, 3.8) is 0 Å². The number of H-pyrrole nitrogens is 1. The highest BCUT2D eigenvalue weighted by atomic mass is 35.5. The fourth-order valence-corrected chi connectivity index (χ4v) is 2.83. The van der Waals surface area contributed by atoms with E-state index in [9.17, 15) is 0 Å². The molecule has 0 saturated heterocycles. The first-order chi connectivity index (χ1) is 12.6. The summed E-state index contributed by atoms with van der Waals surface area (Å²) < 4.78 is 10.6. The van der Waals surface area contributed by atoms with E-state index in [0.717, 1.165) is 40.4 Å². The normalized spacial score (nSPS) is 11.1. The van der Waals surface area contributed by atoms with Gasteiger partial charge in [0.15, 0.2) is 0 Å². The number of halogens is 2. The van der Waals surface area contributed by atoms with Crippen molar-refractivity contribution in [1.82, 2.24) is 10.2 Å². The zero-order chi connectivity index (χ0) is 18.5. The number of aromatic amines is 1. The van der Waals surface area contributed by atoms with Crippen LogP contribution in [0.5, 0.6) is 11.5 Å². The fraction of sp³-hybridized carbons (Fsp3) is 0.150. The number of aromatic nitrogens is 2. The summed E-state index contributed by atoms with van der Waals surface area (Å²) in [5, 5.41) is 8.51. The van der Waals surface area contributed by atoms with Crippen molar-refractivity contribution in [2.75, 3.05) is 14.2 Å². The summed E-state index contributed by atoms with van der Waals surface area (Å²) in [4.78, 5) is 0. The van der Waals surface area contributed by atoms with Crippen molar-refractivity contribution in [3.05, 3.63) is 69.8 Å². The van der Waals surface area contributed by atoms with E-state index in [1.807, 2.05) is 48.6 Å². The standard InChI is InChI=1S/C20H18Cl2N2O2/c1-25-16-9-14(10-17(12-16)26-2)20-11-15(23-24-20)5-3-4-13-6-7-18(21)19(22)8-13/h3,5-12H,4H2,1-2H3,(H,23,24)/b5-3+. The molecule has 134 valence electrons. The molecule has 0 radical (unpaired) electrons. The number of hydrogen-bond acceptors (Lipinski definition) is 3. The van der Waals surface area contributed by atoms with E-state index in [1.165, 1.54) is 0 Å². The minimum atomic E-state index is 0.561. The Balaban J connectivity index is 1.74. The van der Waals surface area contributed by atoms with Crippen LogP contribution < -0.4 is 9.47 Å². The molecule has 0 aliphatic heterocycles. The molecule has 1 N–H and O–H groups in total. The van der Waals surface area contributed by atoms with Crippen molar-refractivity contribution < 1.29 is 9.47 Å². The first-order valence-electron chi connectivity index (χ1n) is 7.98. The quantitative estimate of drug-likeness (QED) is 0.592. The van der Waals surface area contributed by atoms with E-state index in [2.05, 4.69) is 10.2 Å². The Labute approximate surface area is 162 Å². The molecule has 0 spiro atoms. The van der Waals surface area contributed by atoms with Crippen LogP contribution in [-0.4, -0.2) is 24.4 Å². The van der Waals surface area contributed by atoms with Crippen LogP contribution in [-0.2, 0) is 6.42 Å². The van der Waals surface area contributed by atoms with Crippen LogP contribution >= 0.6 is 23.2 Å². The van der Waals surface area contributed by atoms with Gasteiger partial charge in [-0.3, -0.25) is 5.10 Å². The highest BCUT2D eigenvalue weighted by Crippen LogP contribution is 2.29. The van der Waals surface area contributed by atoms with Crippen LogP contribution in [0.15, 0.2) is 48.5 Å². The minimum absolute atomic E-state index is 0.561. The lowest BCUT2D eigenvalue weighted by Crippen LogP contribution is -1.88. The molecule has 0 aliphatic rings. The van der Waals surface area contributed by atoms with Crippen molar-refractivity contribution >= 4 is 29.3 Å². The third-order valence-electron chi connectivity index (χ3n) is 3.88. The van der Waals surface area contributed by atoms with Crippen LogP contribution in [0.4, 0.5) is 0 Å². The molecule has 1 heterocycles.